The summed E-state index contributed by atoms with van der Waals surface area (Å²) in [6, 6.07) is 4.08. The lowest BCUT2D eigenvalue weighted by Crippen LogP contribution is -2.30. The van der Waals surface area contributed by atoms with Crippen molar-refractivity contribution in [3.05, 3.63) is 33.7 Å². The molecule has 102 valence electrons. The van der Waals surface area contributed by atoms with Gasteiger partial charge in [-0.15, -0.1) is 0 Å². The van der Waals surface area contributed by atoms with Gasteiger partial charge in [-0.3, -0.25) is 4.79 Å². The Balaban J connectivity index is 3.02. The third-order valence-corrected chi connectivity index (χ3v) is 3.07. The summed E-state index contributed by atoms with van der Waals surface area (Å²) in [5.74, 6) is 0.391. The van der Waals surface area contributed by atoms with Crippen LogP contribution in [0.1, 0.15) is 57.7 Å². The highest BCUT2D eigenvalue weighted by Gasteiger charge is 2.10. The molecule has 0 aromatic carbocycles. The van der Waals surface area contributed by atoms with E-state index in [0.717, 1.165) is 37.2 Å². The van der Waals surface area contributed by atoms with Crippen LogP contribution < -0.4 is 10.9 Å². The largest absolute Gasteiger partial charge is 0.312 e. The van der Waals surface area contributed by atoms with E-state index >= 15 is 0 Å². The van der Waals surface area contributed by atoms with Crippen LogP contribution in [0.4, 0.5) is 0 Å². The first-order valence-corrected chi connectivity index (χ1v) is 7.05. The van der Waals surface area contributed by atoms with Gasteiger partial charge in [0, 0.05) is 24.3 Å². The first kappa shape index (κ1) is 15.0. The minimum absolute atomic E-state index is 0.173. The molecule has 1 aromatic rings. The van der Waals surface area contributed by atoms with Gasteiger partial charge in [0.05, 0.1) is 0 Å². The van der Waals surface area contributed by atoms with Crippen LogP contribution in [0.3, 0.4) is 0 Å². The Morgan fingerprint density at radius 1 is 1.22 bits per heavy atom. The van der Waals surface area contributed by atoms with Crippen molar-refractivity contribution in [3.8, 4) is 0 Å². The van der Waals surface area contributed by atoms with E-state index in [2.05, 4.69) is 39.1 Å². The summed E-state index contributed by atoms with van der Waals surface area (Å²) >= 11 is 0. The molecule has 0 atom stereocenters. The molecule has 0 fully saturated rings. The fraction of sp³-hybridized carbons (Fsp3) is 0.667. The SMILES string of the molecule is CCCNCc1ccc(C(C)C)n(CCC)c1=O. The maximum absolute atomic E-state index is 12.4. The molecular formula is C15H26N2O. The van der Waals surface area contributed by atoms with E-state index in [9.17, 15) is 4.79 Å². The summed E-state index contributed by atoms with van der Waals surface area (Å²) in [5.41, 5.74) is 2.19. The molecule has 18 heavy (non-hydrogen) atoms. The molecule has 0 aliphatic carbocycles. The number of nitrogens with zero attached hydrogens (tertiary/aromatic N) is 1. The molecule has 0 radical (unpaired) electrons. The molecule has 0 amide bonds. The van der Waals surface area contributed by atoms with Gasteiger partial charge in [0.1, 0.15) is 0 Å². The Labute approximate surface area is 110 Å². The smallest absolute Gasteiger partial charge is 0.255 e. The molecule has 1 rings (SSSR count). The Morgan fingerprint density at radius 2 is 1.94 bits per heavy atom. The molecule has 0 aliphatic rings. The number of pyridine rings is 1. The summed E-state index contributed by atoms with van der Waals surface area (Å²) in [7, 11) is 0. The van der Waals surface area contributed by atoms with Gasteiger partial charge in [-0.05, 0) is 31.4 Å². The third kappa shape index (κ3) is 3.70. The van der Waals surface area contributed by atoms with Gasteiger partial charge in [-0.25, -0.2) is 0 Å². The fourth-order valence-corrected chi connectivity index (χ4v) is 2.13. The normalized spacial score (nSPS) is 11.2. The monoisotopic (exact) mass is 250 g/mol. The molecular weight excluding hydrogens is 224 g/mol. The van der Waals surface area contributed by atoms with Crippen molar-refractivity contribution >= 4 is 0 Å². The van der Waals surface area contributed by atoms with Gasteiger partial charge >= 0.3 is 0 Å². The predicted octanol–water partition coefficient (Wildman–Crippen LogP) is 2.88. The summed E-state index contributed by atoms with van der Waals surface area (Å²) in [5, 5.41) is 3.30. The van der Waals surface area contributed by atoms with Crippen molar-refractivity contribution in [1.29, 1.82) is 0 Å². The van der Waals surface area contributed by atoms with Crippen LogP contribution in [0.2, 0.25) is 0 Å². The third-order valence-electron chi connectivity index (χ3n) is 3.07. The van der Waals surface area contributed by atoms with Crippen molar-refractivity contribution in [1.82, 2.24) is 9.88 Å². The van der Waals surface area contributed by atoms with Gasteiger partial charge in [0.15, 0.2) is 0 Å². The lowest BCUT2D eigenvalue weighted by Gasteiger charge is -2.16. The minimum atomic E-state index is 0.173. The van der Waals surface area contributed by atoms with E-state index in [-0.39, 0.29) is 5.56 Å². The number of rotatable bonds is 7. The Hall–Kier alpha value is -1.09. The second kappa shape index (κ2) is 7.37. The van der Waals surface area contributed by atoms with E-state index in [1.807, 2.05) is 10.6 Å². The molecule has 0 aliphatic heterocycles. The molecule has 0 saturated carbocycles. The van der Waals surface area contributed by atoms with Gasteiger partial charge in [0.25, 0.3) is 5.56 Å². The summed E-state index contributed by atoms with van der Waals surface area (Å²) in [6.45, 7) is 11.0. The van der Waals surface area contributed by atoms with Crippen LogP contribution in [0.5, 0.6) is 0 Å². The number of hydrogen-bond acceptors (Lipinski definition) is 2. The fourth-order valence-electron chi connectivity index (χ4n) is 2.13. The van der Waals surface area contributed by atoms with Crippen molar-refractivity contribution in [2.75, 3.05) is 6.54 Å². The molecule has 1 N–H and O–H groups in total. The Kier molecular flexibility index (Phi) is 6.13. The lowest BCUT2D eigenvalue weighted by atomic mass is 10.1. The van der Waals surface area contributed by atoms with E-state index in [1.165, 1.54) is 0 Å². The van der Waals surface area contributed by atoms with E-state index in [1.54, 1.807) is 0 Å². The van der Waals surface area contributed by atoms with Crippen LogP contribution in [0, 0.1) is 0 Å². The first-order valence-electron chi connectivity index (χ1n) is 7.05. The topological polar surface area (TPSA) is 34.0 Å². The molecule has 0 spiro atoms. The molecule has 1 heterocycles. The molecule has 1 aromatic heterocycles. The van der Waals surface area contributed by atoms with Gasteiger partial charge in [-0.2, -0.15) is 0 Å². The van der Waals surface area contributed by atoms with Crippen molar-refractivity contribution in [2.45, 2.75) is 59.5 Å². The van der Waals surface area contributed by atoms with Crippen LogP contribution in [0.25, 0.3) is 0 Å². The first-order chi connectivity index (χ1) is 8.61. The quantitative estimate of drug-likeness (QED) is 0.755. The molecule has 0 saturated heterocycles. The summed E-state index contributed by atoms with van der Waals surface area (Å²) < 4.78 is 1.94. The summed E-state index contributed by atoms with van der Waals surface area (Å²) in [6.07, 6.45) is 2.08. The second-order valence-electron chi connectivity index (χ2n) is 5.07. The van der Waals surface area contributed by atoms with E-state index in [4.69, 9.17) is 0 Å². The molecule has 3 heteroatoms. The Morgan fingerprint density at radius 3 is 2.50 bits per heavy atom. The predicted molar refractivity (Wildman–Crippen MR) is 77.1 cm³/mol. The van der Waals surface area contributed by atoms with Crippen molar-refractivity contribution < 1.29 is 0 Å². The number of aromatic nitrogens is 1. The van der Waals surface area contributed by atoms with E-state index in [0.29, 0.717) is 12.5 Å². The standard InChI is InChI=1S/C15H26N2O/c1-5-9-16-11-13-7-8-14(12(3)4)17(10-6-2)15(13)18/h7-8,12,16H,5-6,9-11H2,1-4H3. The van der Waals surface area contributed by atoms with E-state index < -0.39 is 0 Å². The highest BCUT2D eigenvalue weighted by atomic mass is 16.1. The average molecular weight is 250 g/mol. The zero-order chi connectivity index (χ0) is 13.5. The second-order valence-corrected chi connectivity index (χ2v) is 5.07. The molecule has 0 bridgehead atoms. The highest BCUT2D eigenvalue weighted by Crippen LogP contribution is 2.13. The molecule has 0 unspecified atom stereocenters. The lowest BCUT2D eigenvalue weighted by molar-refractivity contribution is 0.582. The Bertz CT molecular complexity index is 421. The zero-order valence-corrected chi connectivity index (χ0v) is 12.1. The summed E-state index contributed by atoms with van der Waals surface area (Å²) in [4.78, 5) is 12.4. The van der Waals surface area contributed by atoms with Crippen molar-refractivity contribution in [3.63, 3.8) is 0 Å². The molecule has 3 nitrogen and oxygen atoms in total. The minimum Gasteiger partial charge on any atom is -0.312 e. The highest BCUT2D eigenvalue weighted by molar-refractivity contribution is 5.18. The maximum atomic E-state index is 12.4. The number of hydrogen-bond donors (Lipinski definition) is 1. The zero-order valence-electron chi connectivity index (χ0n) is 12.1. The van der Waals surface area contributed by atoms with Gasteiger partial charge < -0.3 is 9.88 Å². The van der Waals surface area contributed by atoms with Crippen LogP contribution in [-0.2, 0) is 13.1 Å². The van der Waals surface area contributed by atoms with Crippen LogP contribution in [0.15, 0.2) is 16.9 Å². The van der Waals surface area contributed by atoms with Gasteiger partial charge in [0.2, 0.25) is 0 Å². The average Bonchev–Trinajstić information content (AvgIpc) is 2.34. The van der Waals surface area contributed by atoms with Crippen LogP contribution in [-0.4, -0.2) is 11.1 Å². The number of nitrogens with one attached hydrogen (secondary N) is 1. The van der Waals surface area contributed by atoms with Gasteiger partial charge in [-0.1, -0.05) is 33.8 Å². The van der Waals surface area contributed by atoms with Crippen molar-refractivity contribution in [2.24, 2.45) is 0 Å². The van der Waals surface area contributed by atoms with Crippen LogP contribution >= 0.6 is 0 Å². The maximum Gasteiger partial charge on any atom is 0.255 e.